The van der Waals surface area contributed by atoms with Gasteiger partial charge in [-0.25, -0.2) is 14.3 Å². The molecule has 3 aromatic rings. The first kappa shape index (κ1) is 15.9. The molecule has 4 rings (SSSR count). The average Bonchev–Trinajstić information content (AvgIpc) is 3.18. The lowest BCUT2D eigenvalue weighted by Gasteiger charge is -2.14. The van der Waals surface area contributed by atoms with Crippen molar-refractivity contribution < 1.29 is 19.2 Å². The number of amides is 2. The molecule has 1 aliphatic rings. The van der Waals surface area contributed by atoms with Crippen molar-refractivity contribution in [3.8, 4) is 0 Å². The number of hydrogen-bond acceptors (Lipinski definition) is 7. The number of nitrogens with zero attached hydrogens (tertiary/aromatic N) is 5. The van der Waals surface area contributed by atoms with Gasteiger partial charge in [0.05, 0.1) is 17.5 Å². The summed E-state index contributed by atoms with van der Waals surface area (Å²) >= 11 is 0. The van der Waals surface area contributed by atoms with Crippen LogP contribution in [0.25, 0.3) is 5.78 Å². The molecule has 0 unspecified atom stereocenters. The van der Waals surface area contributed by atoms with Crippen LogP contribution in [0.3, 0.4) is 0 Å². The van der Waals surface area contributed by atoms with Gasteiger partial charge in [0, 0.05) is 17.0 Å². The van der Waals surface area contributed by atoms with Crippen molar-refractivity contribution in [2.45, 2.75) is 20.3 Å². The summed E-state index contributed by atoms with van der Waals surface area (Å²) < 4.78 is 1.51. The third kappa shape index (κ3) is 2.32. The molecule has 2 aromatic heterocycles. The Morgan fingerprint density at radius 1 is 1.12 bits per heavy atom. The zero-order valence-electron chi connectivity index (χ0n) is 14.0. The Morgan fingerprint density at radius 2 is 1.77 bits per heavy atom. The third-order valence-electron chi connectivity index (χ3n) is 4.26. The SMILES string of the molecule is Cc1nc2ncnn2c(C)c1CC(=O)ON1C(=O)c2ccccc2C1=O. The number of aryl methyl sites for hydroxylation is 2. The van der Waals surface area contributed by atoms with E-state index in [2.05, 4.69) is 15.1 Å². The van der Waals surface area contributed by atoms with Crippen molar-refractivity contribution in [2.24, 2.45) is 0 Å². The highest BCUT2D eigenvalue weighted by molar-refractivity contribution is 6.20. The lowest BCUT2D eigenvalue weighted by molar-refractivity contribution is -0.167. The second kappa shape index (κ2) is 5.73. The molecule has 0 spiro atoms. The standard InChI is InChI=1S/C17H13N5O4/c1-9-13(10(2)21-17(20-9)18-8-19-21)7-14(23)26-22-15(24)11-5-3-4-6-12(11)16(22)25/h3-6,8H,7H2,1-2H3. The molecule has 0 N–H and O–H groups in total. The number of carbonyl (C=O) groups excluding carboxylic acids is 3. The van der Waals surface area contributed by atoms with Crippen molar-refractivity contribution in [3.05, 3.63) is 58.7 Å². The smallest absolute Gasteiger partial charge is 0.329 e. The maximum absolute atomic E-state index is 12.3. The van der Waals surface area contributed by atoms with Gasteiger partial charge in [0.25, 0.3) is 17.6 Å². The monoisotopic (exact) mass is 351 g/mol. The largest absolute Gasteiger partial charge is 0.337 e. The normalized spacial score (nSPS) is 13.4. The lowest BCUT2D eigenvalue weighted by atomic mass is 10.1. The molecule has 0 bridgehead atoms. The first-order chi connectivity index (χ1) is 12.5. The minimum Gasteiger partial charge on any atom is -0.329 e. The fourth-order valence-corrected chi connectivity index (χ4v) is 2.94. The topological polar surface area (TPSA) is 107 Å². The minimum atomic E-state index is -0.744. The van der Waals surface area contributed by atoms with Gasteiger partial charge in [0.15, 0.2) is 0 Å². The van der Waals surface area contributed by atoms with Gasteiger partial charge < -0.3 is 4.84 Å². The van der Waals surface area contributed by atoms with Crippen molar-refractivity contribution in [2.75, 3.05) is 0 Å². The Balaban J connectivity index is 1.57. The van der Waals surface area contributed by atoms with Crippen LogP contribution in [0.1, 0.15) is 37.7 Å². The van der Waals surface area contributed by atoms with Crippen LogP contribution < -0.4 is 0 Å². The molecule has 26 heavy (non-hydrogen) atoms. The molecule has 0 radical (unpaired) electrons. The number of carbonyl (C=O) groups is 3. The number of aromatic nitrogens is 4. The zero-order chi connectivity index (χ0) is 18.4. The highest BCUT2D eigenvalue weighted by Crippen LogP contribution is 2.23. The van der Waals surface area contributed by atoms with Gasteiger partial charge in [-0.05, 0) is 26.0 Å². The van der Waals surface area contributed by atoms with Crippen LogP contribution in [-0.4, -0.2) is 42.4 Å². The molecule has 9 heteroatoms. The van der Waals surface area contributed by atoms with E-state index in [0.717, 1.165) is 0 Å². The molecule has 1 aromatic carbocycles. The Labute approximate surface area is 147 Å². The zero-order valence-corrected chi connectivity index (χ0v) is 14.0. The van der Waals surface area contributed by atoms with E-state index < -0.39 is 17.8 Å². The molecule has 9 nitrogen and oxygen atoms in total. The molecule has 130 valence electrons. The van der Waals surface area contributed by atoms with Crippen molar-refractivity contribution in [1.82, 2.24) is 24.6 Å². The van der Waals surface area contributed by atoms with Crippen LogP contribution in [0, 0.1) is 13.8 Å². The van der Waals surface area contributed by atoms with Crippen LogP contribution in [0.2, 0.25) is 0 Å². The van der Waals surface area contributed by atoms with E-state index in [1.807, 2.05) is 0 Å². The number of hydroxylamine groups is 2. The van der Waals surface area contributed by atoms with E-state index in [1.165, 1.54) is 23.0 Å². The summed E-state index contributed by atoms with van der Waals surface area (Å²) in [6, 6.07) is 6.31. The number of fused-ring (bicyclic) bond motifs is 2. The van der Waals surface area contributed by atoms with Crippen LogP contribution in [0.15, 0.2) is 30.6 Å². The molecule has 0 aliphatic carbocycles. The molecule has 3 heterocycles. The summed E-state index contributed by atoms with van der Waals surface area (Å²) in [6.07, 6.45) is 1.21. The van der Waals surface area contributed by atoms with E-state index in [4.69, 9.17) is 4.84 Å². The number of benzene rings is 1. The Bertz CT molecular complexity index is 1050. The maximum atomic E-state index is 12.3. The Morgan fingerprint density at radius 3 is 2.42 bits per heavy atom. The summed E-state index contributed by atoms with van der Waals surface area (Å²) in [6.45, 7) is 3.52. The van der Waals surface area contributed by atoms with E-state index in [9.17, 15) is 14.4 Å². The second-order valence-corrected chi connectivity index (χ2v) is 5.82. The number of imide groups is 1. The highest BCUT2D eigenvalue weighted by atomic mass is 16.7. The Kier molecular flexibility index (Phi) is 3.50. The van der Waals surface area contributed by atoms with E-state index >= 15 is 0 Å². The van der Waals surface area contributed by atoms with Gasteiger partial charge in [0.1, 0.15) is 6.33 Å². The molecule has 0 atom stereocenters. The van der Waals surface area contributed by atoms with E-state index in [0.29, 0.717) is 27.8 Å². The fraction of sp³-hybridized carbons (Fsp3) is 0.176. The Hall–Kier alpha value is -3.62. The predicted octanol–water partition coefficient (Wildman–Crippen LogP) is 1.04. The van der Waals surface area contributed by atoms with Gasteiger partial charge >= 0.3 is 5.97 Å². The van der Waals surface area contributed by atoms with Gasteiger partial charge in [-0.1, -0.05) is 17.2 Å². The molecule has 0 saturated heterocycles. The predicted molar refractivity (Wildman–Crippen MR) is 87.0 cm³/mol. The highest BCUT2D eigenvalue weighted by Gasteiger charge is 2.38. The number of hydrogen-bond donors (Lipinski definition) is 0. The van der Waals surface area contributed by atoms with Gasteiger partial charge in [-0.3, -0.25) is 9.59 Å². The lowest BCUT2D eigenvalue weighted by Crippen LogP contribution is -2.33. The summed E-state index contributed by atoms with van der Waals surface area (Å²) in [7, 11) is 0. The minimum absolute atomic E-state index is 0.159. The quantitative estimate of drug-likeness (QED) is 0.649. The van der Waals surface area contributed by atoms with Crippen molar-refractivity contribution in [3.63, 3.8) is 0 Å². The summed E-state index contributed by atoms with van der Waals surface area (Å²) in [5.74, 6) is -1.63. The van der Waals surface area contributed by atoms with Crippen LogP contribution in [-0.2, 0) is 16.1 Å². The van der Waals surface area contributed by atoms with Crippen LogP contribution in [0.4, 0.5) is 0 Å². The molecular weight excluding hydrogens is 338 g/mol. The van der Waals surface area contributed by atoms with Gasteiger partial charge in [0.2, 0.25) is 0 Å². The summed E-state index contributed by atoms with van der Waals surface area (Å²) in [4.78, 5) is 50.2. The molecule has 0 fully saturated rings. The molecular formula is C17H13N5O4. The maximum Gasteiger partial charge on any atom is 0.337 e. The van der Waals surface area contributed by atoms with Crippen LogP contribution >= 0.6 is 0 Å². The first-order valence-electron chi connectivity index (χ1n) is 7.82. The van der Waals surface area contributed by atoms with Crippen molar-refractivity contribution in [1.29, 1.82) is 0 Å². The summed E-state index contributed by atoms with van der Waals surface area (Å²) in [5, 5.41) is 4.55. The molecule has 1 aliphatic heterocycles. The summed E-state index contributed by atoms with van der Waals surface area (Å²) in [5.41, 5.74) is 2.31. The average molecular weight is 351 g/mol. The third-order valence-corrected chi connectivity index (χ3v) is 4.26. The first-order valence-corrected chi connectivity index (χ1v) is 7.82. The van der Waals surface area contributed by atoms with Crippen molar-refractivity contribution >= 4 is 23.6 Å². The number of rotatable bonds is 3. The van der Waals surface area contributed by atoms with Gasteiger partial charge in [-0.15, -0.1) is 0 Å². The molecule has 0 saturated carbocycles. The van der Waals surface area contributed by atoms with Crippen LogP contribution in [0.5, 0.6) is 0 Å². The van der Waals surface area contributed by atoms with E-state index in [1.54, 1.807) is 26.0 Å². The molecule has 2 amide bonds. The van der Waals surface area contributed by atoms with Gasteiger partial charge in [-0.2, -0.15) is 10.1 Å². The van der Waals surface area contributed by atoms with E-state index in [-0.39, 0.29) is 17.5 Å². The second-order valence-electron chi connectivity index (χ2n) is 5.82. The fourth-order valence-electron chi connectivity index (χ4n) is 2.94.